The van der Waals surface area contributed by atoms with Crippen molar-refractivity contribution in [2.24, 2.45) is 0 Å². The number of pyridine rings is 1. The summed E-state index contributed by atoms with van der Waals surface area (Å²) in [5.74, 6) is 0.838. The van der Waals surface area contributed by atoms with E-state index in [0.717, 1.165) is 6.07 Å². The number of benzene rings is 1. The quantitative estimate of drug-likeness (QED) is 0.833. The largest absolute Gasteiger partial charge is 0.493 e. The molecule has 2 aromatic rings. The molecule has 0 unspecified atom stereocenters. The third-order valence-electron chi connectivity index (χ3n) is 3.26. The van der Waals surface area contributed by atoms with Crippen molar-refractivity contribution in [1.82, 2.24) is 4.98 Å². The topological polar surface area (TPSA) is 98.9 Å². The molecule has 2 rings (SSSR count). The van der Waals surface area contributed by atoms with E-state index in [9.17, 15) is 9.59 Å². The van der Waals surface area contributed by atoms with E-state index in [1.165, 1.54) is 34.6 Å². The van der Waals surface area contributed by atoms with Crippen molar-refractivity contribution in [3.63, 3.8) is 0 Å². The van der Waals surface area contributed by atoms with Crippen LogP contribution in [0.1, 0.15) is 10.5 Å². The molecule has 1 heterocycles. The maximum Gasteiger partial charge on any atom is 0.272 e. The summed E-state index contributed by atoms with van der Waals surface area (Å²) in [6, 6.07) is 4.33. The van der Waals surface area contributed by atoms with Gasteiger partial charge in [0.1, 0.15) is 5.69 Å². The molecular weight excluding hydrogens is 316 g/mol. The molecule has 0 saturated carbocycles. The van der Waals surface area contributed by atoms with Crippen molar-refractivity contribution < 1.29 is 23.7 Å². The Labute approximate surface area is 138 Å². The van der Waals surface area contributed by atoms with Crippen LogP contribution in [-0.4, -0.2) is 39.3 Å². The highest BCUT2D eigenvalue weighted by molar-refractivity contribution is 6.03. The van der Waals surface area contributed by atoms with Gasteiger partial charge in [-0.1, -0.05) is 0 Å². The first-order valence-electron chi connectivity index (χ1n) is 6.92. The molecule has 0 bridgehead atoms. The van der Waals surface area contributed by atoms with Gasteiger partial charge >= 0.3 is 0 Å². The van der Waals surface area contributed by atoms with Gasteiger partial charge in [-0.3, -0.25) is 9.59 Å². The Morgan fingerprint density at radius 3 is 1.96 bits per heavy atom. The van der Waals surface area contributed by atoms with E-state index in [1.807, 2.05) is 0 Å². The standard InChI is InChI=1S/C16H18N2O6/c1-21-12-5-9(6-13(22-2)15(12)24-4)18-16(20)10-7-11(19)14(23-3)8-17-10/h5-8H,1-4H3,(H,17,19)(H,18,20). The summed E-state index contributed by atoms with van der Waals surface area (Å²) < 4.78 is 20.5. The van der Waals surface area contributed by atoms with Crippen molar-refractivity contribution in [3.8, 4) is 23.0 Å². The van der Waals surface area contributed by atoms with Gasteiger partial charge in [0.25, 0.3) is 5.91 Å². The van der Waals surface area contributed by atoms with Crippen molar-refractivity contribution >= 4 is 11.6 Å². The minimum Gasteiger partial charge on any atom is -0.493 e. The minimum absolute atomic E-state index is 0.0922. The van der Waals surface area contributed by atoms with E-state index in [-0.39, 0.29) is 11.4 Å². The van der Waals surface area contributed by atoms with Crippen LogP contribution in [0, 0.1) is 0 Å². The molecule has 0 fully saturated rings. The summed E-state index contributed by atoms with van der Waals surface area (Å²) in [6.45, 7) is 0. The molecule has 8 nitrogen and oxygen atoms in total. The second kappa shape index (κ2) is 7.40. The molecule has 0 aliphatic heterocycles. The van der Waals surface area contributed by atoms with Crippen LogP contribution in [0.4, 0.5) is 5.69 Å². The number of amides is 1. The van der Waals surface area contributed by atoms with Gasteiger partial charge in [-0.15, -0.1) is 0 Å². The van der Waals surface area contributed by atoms with Crippen LogP contribution in [0.2, 0.25) is 0 Å². The van der Waals surface area contributed by atoms with E-state index in [4.69, 9.17) is 18.9 Å². The van der Waals surface area contributed by atoms with Gasteiger partial charge in [-0.2, -0.15) is 0 Å². The fourth-order valence-corrected chi connectivity index (χ4v) is 2.10. The summed E-state index contributed by atoms with van der Waals surface area (Å²) >= 11 is 0. The van der Waals surface area contributed by atoms with E-state index >= 15 is 0 Å². The average molecular weight is 334 g/mol. The number of anilines is 1. The molecule has 0 atom stereocenters. The summed E-state index contributed by atoms with van der Waals surface area (Å²) in [7, 11) is 5.81. The number of carbonyl (C=O) groups is 1. The van der Waals surface area contributed by atoms with Crippen molar-refractivity contribution in [2.75, 3.05) is 33.8 Å². The van der Waals surface area contributed by atoms with Gasteiger partial charge < -0.3 is 29.2 Å². The first-order chi connectivity index (χ1) is 11.5. The van der Waals surface area contributed by atoms with Gasteiger partial charge in [0, 0.05) is 30.1 Å². The number of aromatic amines is 1. The van der Waals surface area contributed by atoms with Gasteiger partial charge in [-0.25, -0.2) is 0 Å². The Kier molecular flexibility index (Phi) is 5.31. The maximum atomic E-state index is 12.3. The molecule has 0 aliphatic rings. The second-order valence-electron chi connectivity index (χ2n) is 4.65. The fraction of sp³-hybridized carbons (Fsp3) is 0.250. The number of carbonyl (C=O) groups excluding carboxylic acids is 1. The third-order valence-corrected chi connectivity index (χ3v) is 3.26. The Morgan fingerprint density at radius 1 is 0.917 bits per heavy atom. The molecule has 0 spiro atoms. The number of hydrogen-bond acceptors (Lipinski definition) is 6. The molecule has 24 heavy (non-hydrogen) atoms. The lowest BCUT2D eigenvalue weighted by atomic mass is 10.2. The van der Waals surface area contributed by atoms with E-state index < -0.39 is 11.3 Å². The number of methoxy groups -OCH3 is 4. The Bertz CT molecular complexity index is 774. The number of rotatable bonds is 6. The van der Waals surface area contributed by atoms with Gasteiger partial charge in [0.15, 0.2) is 17.2 Å². The minimum atomic E-state index is -0.496. The van der Waals surface area contributed by atoms with E-state index in [1.54, 1.807) is 12.1 Å². The van der Waals surface area contributed by atoms with Crippen LogP contribution in [0.5, 0.6) is 23.0 Å². The van der Waals surface area contributed by atoms with E-state index in [2.05, 4.69) is 10.3 Å². The predicted molar refractivity (Wildman–Crippen MR) is 87.7 cm³/mol. The zero-order chi connectivity index (χ0) is 17.7. The predicted octanol–water partition coefficient (Wildman–Crippen LogP) is 1.66. The van der Waals surface area contributed by atoms with Crippen LogP contribution < -0.4 is 29.7 Å². The number of H-pyrrole nitrogens is 1. The lowest BCUT2D eigenvalue weighted by Crippen LogP contribution is -2.17. The van der Waals surface area contributed by atoms with Crippen LogP contribution in [0.15, 0.2) is 29.2 Å². The summed E-state index contributed by atoms with van der Waals surface area (Å²) in [5.41, 5.74) is 0.118. The van der Waals surface area contributed by atoms with Gasteiger partial charge in [0.2, 0.25) is 11.2 Å². The highest BCUT2D eigenvalue weighted by atomic mass is 16.5. The number of ether oxygens (including phenoxy) is 4. The first-order valence-corrected chi connectivity index (χ1v) is 6.92. The summed E-state index contributed by atoms with van der Waals surface area (Å²) in [6.07, 6.45) is 1.33. The van der Waals surface area contributed by atoms with Crippen molar-refractivity contribution in [1.29, 1.82) is 0 Å². The lowest BCUT2D eigenvalue weighted by Gasteiger charge is -2.14. The second-order valence-corrected chi connectivity index (χ2v) is 4.65. The molecule has 8 heteroatoms. The van der Waals surface area contributed by atoms with Crippen LogP contribution in [0.25, 0.3) is 0 Å². The van der Waals surface area contributed by atoms with Crippen LogP contribution in [0.3, 0.4) is 0 Å². The molecule has 0 aliphatic carbocycles. The highest BCUT2D eigenvalue weighted by Crippen LogP contribution is 2.39. The number of aromatic nitrogens is 1. The fourth-order valence-electron chi connectivity index (χ4n) is 2.10. The SMILES string of the molecule is COc1cc(NC(=O)c2cc(=O)c(OC)c[nH]2)cc(OC)c1OC. The molecule has 1 amide bonds. The monoisotopic (exact) mass is 334 g/mol. The molecular formula is C16H18N2O6. The average Bonchev–Trinajstić information content (AvgIpc) is 2.60. The zero-order valence-electron chi connectivity index (χ0n) is 13.8. The molecule has 128 valence electrons. The Hall–Kier alpha value is -3.16. The van der Waals surface area contributed by atoms with Crippen molar-refractivity contribution in [3.05, 3.63) is 40.3 Å². The first kappa shape index (κ1) is 17.2. The third kappa shape index (κ3) is 3.43. The number of nitrogens with one attached hydrogen (secondary N) is 2. The van der Waals surface area contributed by atoms with Gasteiger partial charge in [-0.05, 0) is 0 Å². The highest BCUT2D eigenvalue weighted by Gasteiger charge is 2.16. The lowest BCUT2D eigenvalue weighted by molar-refractivity contribution is 0.102. The molecule has 0 radical (unpaired) electrons. The van der Waals surface area contributed by atoms with Gasteiger partial charge in [0.05, 0.1) is 28.4 Å². The maximum absolute atomic E-state index is 12.3. The Morgan fingerprint density at radius 2 is 1.50 bits per heavy atom. The van der Waals surface area contributed by atoms with Crippen LogP contribution >= 0.6 is 0 Å². The number of hydrogen-bond donors (Lipinski definition) is 2. The normalized spacial score (nSPS) is 10.0. The molecule has 1 aromatic carbocycles. The van der Waals surface area contributed by atoms with E-state index in [0.29, 0.717) is 22.9 Å². The molecule has 1 aromatic heterocycles. The Balaban J connectivity index is 2.32. The molecule has 2 N–H and O–H groups in total. The summed E-state index contributed by atoms with van der Waals surface area (Å²) in [5, 5.41) is 2.66. The summed E-state index contributed by atoms with van der Waals surface area (Å²) in [4.78, 5) is 26.7. The smallest absolute Gasteiger partial charge is 0.272 e. The molecule has 0 saturated heterocycles. The van der Waals surface area contributed by atoms with Crippen molar-refractivity contribution in [2.45, 2.75) is 0 Å². The zero-order valence-corrected chi connectivity index (χ0v) is 13.8. The van der Waals surface area contributed by atoms with Crippen LogP contribution in [-0.2, 0) is 0 Å².